The van der Waals surface area contributed by atoms with Gasteiger partial charge < -0.3 is 19.7 Å². The lowest BCUT2D eigenvalue weighted by Crippen LogP contribution is -2.52. The van der Waals surface area contributed by atoms with Gasteiger partial charge in [0.05, 0.1) is 24.3 Å². The van der Waals surface area contributed by atoms with Crippen molar-refractivity contribution in [3.63, 3.8) is 0 Å². The molecule has 9 nitrogen and oxygen atoms in total. The first kappa shape index (κ1) is 34.8. The van der Waals surface area contributed by atoms with Gasteiger partial charge in [0.2, 0.25) is 11.8 Å². The van der Waals surface area contributed by atoms with Crippen LogP contribution >= 0.6 is 11.8 Å². The van der Waals surface area contributed by atoms with Gasteiger partial charge in [0.1, 0.15) is 24.1 Å². The quantitative estimate of drug-likeness (QED) is 0.148. The van der Waals surface area contributed by atoms with Crippen LogP contribution in [0.2, 0.25) is 0 Å². The van der Waals surface area contributed by atoms with Crippen LogP contribution in [0.4, 0.5) is 5.69 Å². The molecule has 0 bridgehead atoms. The van der Waals surface area contributed by atoms with Gasteiger partial charge in [0.15, 0.2) is 0 Å². The summed E-state index contributed by atoms with van der Waals surface area (Å²) in [7, 11) is -2.65. The standard InChI is InChI=1S/C33H43N3O6S2/c1-6-9-22-34-33(38)29(7-2)35(23-25-14-16-26(41-4)17-15-25)32(37)24-36(30-12-10-11-13-31(30)42-8-3)44(39,40)28-20-18-27(43-5)19-21-28/h10-21,29H,6-9,22-24H2,1-5H3,(H,34,38)/t29-/m1/s1. The van der Waals surface area contributed by atoms with E-state index in [0.717, 1.165) is 27.6 Å². The van der Waals surface area contributed by atoms with Crippen molar-refractivity contribution in [2.24, 2.45) is 0 Å². The molecule has 3 aromatic rings. The summed E-state index contributed by atoms with van der Waals surface area (Å²) >= 11 is 1.50. The van der Waals surface area contributed by atoms with E-state index >= 15 is 0 Å². The number of para-hydroxylation sites is 2. The SMILES string of the molecule is CCCCNC(=O)[C@@H](CC)N(Cc1ccc(OC)cc1)C(=O)CN(c1ccccc1OCC)S(=O)(=O)c1ccc(SC)cc1. The predicted octanol–water partition coefficient (Wildman–Crippen LogP) is 5.73. The Balaban J connectivity index is 2.08. The van der Waals surface area contributed by atoms with Gasteiger partial charge >= 0.3 is 0 Å². The molecule has 0 spiro atoms. The zero-order valence-electron chi connectivity index (χ0n) is 26.1. The molecule has 0 aliphatic heterocycles. The van der Waals surface area contributed by atoms with Gasteiger partial charge in [0.25, 0.3) is 10.0 Å². The van der Waals surface area contributed by atoms with Crippen LogP contribution < -0.4 is 19.1 Å². The van der Waals surface area contributed by atoms with Crippen molar-refractivity contribution in [2.45, 2.75) is 62.4 Å². The Morgan fingerprint density at radius 1 is 0.955 bits per heavy atom. The van der Waals surface area contributed by atoms with Gasteiger partial charge in [-0.05, 0) is 80.1 Å². The summed E-state index contributed by atoms with van der Waals surface area (Å²) in [6.45, 7) is 6.04. The first-order valence-corrected chi connectivity index (χ1v) is 17.4. The van der Waals surface area contributed by atoms with E-state index in [9.17, 15) is 18.0 Å². The van der Waals surface area contributed by atoms with Crippen LogP contribution in [0, 0.1) is 0 Å². The molecule has 0 radical (unpaired) electrons. The Morgan fingerprint density at radius 2 is 1.64 bits per heavy atom. The molecule has 1 atom stereocenters. The zero-order chi connectivity index (χ0) is 32.1. The summed E-state index contributed by atoms with van der Waals surface area (Å²) in [5.41, 5.74) is 1.01. The van der Waals surface area contributed by atoms with E-state index < -0.39 is 28.5 Å². The van der Waals surface area contributed by atoms with E-state index in [4.69, 9.17) is 9.47 Å². The topological polar surface area (TPSA) is 105 Å². The number of benzene rings is 3. The molecule has 3 rings (SSSR count). The Hall–Kier alpha value is -3.70. The van der Waals surface area contributed by atoms with Crippen molar-refractivity contribution in [3.05, 3.63) is 78.4 Å². The number of unbranched alkanes of at least 4 members (excludes halogenated alkanes) is 1. The van der Waals surface area contributed by atoms with Crippen molar-refractivity contribution in [1.29, 1.82) is 0 Å². The van der Waals surface area contributed by atoms with Crippen LogP contribution in [0.25, 0.3) is 0 Å². The molecule has 0 saturated heterocycles. The number of nitrogens with one attached hydrogen (secondary N) is 1. The smallest absolute Gasteiger partial charge is 0.264 e. The Bertz CT molecular complexity index is 1460. The van der Waals surface area contributed by atoms with Gasteiger partial charge in [-0.2, -0.15) is 0 Å². The number of amides is 2. The van der Waals surface area contributed by atoms with E-state index in [0.29, 0.717) is 31.1 Å². The van der Waals surface area contributed by atoms with E-state index in [1.807, 2.05) is 39.2 Å². The average Bonchev–Trinajstić information content (AvgIpc) is 3.04. The molecule has 0 heterocycles. The Labute approximate surface area is 266 Å². The minimum Gasteiger partial charge on any atom is -0.497 e. The second-order valence-corrected chi connectivity index (χ2v) is 12.8. The molecule has 0 unspecified atom stereocenters. The monoisotopic (exact) mass is 641 g/mol. The second kappa shape index (κ2) is 17.0. The molecule has 0 aliphatic carbocycles. The number of ether oxygens (including phenoxy) is 2. The molecule has 0 fully saturated rings. The highest BCUT2D eigenvalue weighted by molar-refractivity contribution is 7.98. The number of methoxy groups -OCH3 is 1. The van der Waals surface area contributed by atoms with E-state index in [2.05, 4.69) is 5.32 Å². The van der Waals surface area contributed by atoms with E-state index in [1.165, 1.54) is 28.8 Å². The predicted molar refractivity (Wildman–Crippen MR) is 176 cm³/mol. The van der Waals surface area contributed by atoms with Crippen molar-refractivity contribution in [3.8, 4) is 11.5 Å². The fourth-order valence-corrected chi connectivity index (χ4v) is 6.52. The Morgan fingerprint density at radius 3 is 2.23 bits per heavy atom. The summed E-state index contributed by atoms with van der Waals surface area (Å²) in [6.07, 6.45) is 3.98. The van der Waals surface area contributed by atoms with Gasteiger partial charge in [-0.15, -0.1) is 11.8 Å². The molecule has 3 aromatic carbocycles. The highest BCUT2D eigenvalue weighted by Crippen LogP contribution is 2.33. The largest absolute Gasteiger partial charge is 0.497 e. The molecular weight excluding hydrogens is 599 g/mol. The fourth-order valence-electron chi connectivity index (χ4n) is 4.68. The molecule has 1 N–H and O–H groups in total. The van der Waals surface area contributed by atoms with E-state index in [-0.39, 0.29) is 23.0 Å². The van der Waals surface area contributed by atoms with Gasteiger partial charge in [-0.1, -0.05) is 44.5 Å². The molecule has 0 aliphatic rings. The van der Waals surface area contributed by atoms with Crippen LogP contribution in [0.15, 0.2) is 82.6 Å². The first-order valence-electron chi connectivity index (χ1n) is 14.8. The van der Waals surface area contributed by atoms with Crippen molar-refractivity contribution in [1.82, 2.24) is 10.2 Å². The van der Waals surface area contributed by atoms with Crippen molar-refractivity contribution >= 4 is 39.3 Å². The minimum absolute atomic E-state index is 0.0421. The van der Waals surface area contributed by atoms with Crippen LogP contribution in [-0.4, -0.2) is 64.2 Å². The number of anilines is 1. The average molecular weight is 642 g/mol. The van der Waals surface area contributed by atoms with Crippen LogP contribution in [0.3, 0.4) is 0 Å². The molecular formula is C33H43N3O6S2. The van der Waals surface area contributed by atoms with Gasteiger partial charge in [-0.3, -0.25) is 13.9 Å². The fraction of sp³-hybridized carbons (Fsp3) is 0.394. The summed E-state index contributed by atoms with van der Waals surface area (Å²) in [4.78, 5) is 30.1. The summed E-state index contributed by atoms with van der Waals surface area (Å²) in [5.74, 6) is 0.194. The molecule has 0 saturated carbocycles. The number of hydrogen-bond donors (Lipinski definition) is 1. The van der Waals surface area contributed by atoms with E-state index in [1.54, 1.807) is 55.6 Å². The minimum atomic E-state index is -4.22. The summed E-state index contributed by atoms with van der Waals surface area (Å²) in [5, 5.41) is 2.95. The maximum Gasteiger partial charge on any atom is 0.264 e. The first-order chi connectivity index (χ1) is 21.2. The third-order valence-electron chi connectivity index (χ3n) is 7.09. The lowest BCUT2D eigenvalue weighted by atomic mass is 10.1. The maximum absolute atomic E-state index is 14.3. The van der Waals surface area contributed by atoms with Crippen LogP contribution in [0.1, 0.15) is 45.6 Å². The second-order valence-electron chi connectivity index (χ2n) is 10.0. The highest BCUT2D eigenvalue weighted by Gasteiger charge is 2.34. The lowest BCUT2D eigenvalue weighted by molar-refractivity contribution is -0.140. The van der Waals surface area contributed by atoms with Crippen molar-refractivity contribution < 1.29 is 27.5 Å². The number of rotatable bonds is 17. The van der Waals surface area contributed by atoms with Crippen LogP contribution in [-0.2, 0) is 26.2 Å². The molecule has 0 aromatic heterocycles. The van der Waals surface area contributed by atoms with Gasteiger partial charge in [0, 0.05) is 18.0 Å². The molecule has 44 heavy (non-hydrogen) atoms. The number of sulfonamides is 1. The summed E-state index contributed by atoms with van der Waals surface area (Å²) < 4.78 is 40.6. The third kappa shape index (κ3) is 8.92. The third-order valence-corrected chi connectivity index (χ3v) is 9.61. The molecule has 11 heteroatoms. The number of nitrogens with zero attached hydrogens (tertiary/aromatic N) is 2. The van der Waals surface area contributed by atoms with Gasteiger partial charge in [-0.25, -0.2) is 8.42 Å². The normalized spacial score (nSPS) is 11.8. The molecule has 238 valence electrons. The summed E-state index contributed by atoms with van der Waals surface area (Å²) in [6, 6.07) is 19.7. The highest BCUT2D eigenvalue weighted by atomic mass is 32.2. The van der Waals surface area contributed by atoms with Crippen LogP contribution in [0.5, 0.6) is 11.5 Å². The number of carbonyl (C=O) groups is 2. The number of hydrogen-bond acceptors (Lipinski definition) is 7. The zero-order valence-corrected chi connectivity index (χ0v) is 27.7. The van der Waals surface area contributed by atoms with Crippen molar-refractivity contribution in [2.75, 3.05) is 37.4 Å². The number of thioether (sulfide) groups is 1. The Kier molecular flexibility index (Phi) is 13.4. The maximum atomic E-state index is 14.3. The lowest BCUT2D eigenvalue weighted by Gasteiger charge is -2.33. The number of carbonyl (C=O) groups excluding carboxylic acids is 2. The molecule has 2 amide bonds.